The lowest BCUT2D eigenvalue weighted by Gasteiger charge is -1.99. The van der Waals surface area contributed by atoms with Gasteiger partial charge in [-0.1, -0.05) is 6.07 Å². The molecule has 0 radical (unpaired) electrons. The normalized spacial score (nSPS) is 11.0. The lowest BCUT2D eigenvalue weighted by atomic mass is 10.2. The first-order valence-corrected chi connectivity index (χ1v) is 5.85. The molecule has 4 heteroatoms. The molecule has 0 aliphatic carbocycles. The molecule has 1 aromatic carbocycles. The second-order valence-electron chi connectivity index (χ2n) is 2.63. The Morgan fingerprint density at radius 2 is 2.23 bits per heavy atom. The molecule has 0 bridgehead atoms. The molecule has 0 N–H and O–H groups in total. The van der Waals surface area contributed by atoms with Crippen LogP contribution in [0, 0.1) is 5.82 Å². The van der Waals surface area contributed by atoms with Crippen molar-refractivity contribution in [2.75, 3.05) is 0 Å². The average molecular weight is 280 g/mol. The van der Waals surface area contributed by atoms with Crippen molar-refractivity contribution in [2.24, 2.45) is 0 Å². The summed E-state index contributed by atoms with van der Waals surface area (Å²) >= 11 is 10.4. The number of alkyl halides is 1. The largest absolute Gasteiger partial charge is 0.206 e. The molecule has 0 spiro atoms. The fourth-order valence-electron chi connectivity index (χ4n) is 1.20. The van der Waals surface area contributed by atoms with Crippen LogP contribution in [0.2, 0.25) is 0 Å². The topological polar surface area (TPSA) is 0 Å². The Hall–Kier alpha value is -0.120. The first-order valence-electron chi connectivity index (χ1n) is 3.64. The van der Waals surface area contributed by atoms with Gasteiger partial charge in [0.1, 0.15) is 5.82 Å². The van der Waals surface area contributed by atoms with Gasteiger partial charge in [0.05, 0.1) is 5.88 Å². The summed E-state index contributed by atoms with van der Waals surface area (Å²) in [6, 6.07) is 3.62. The van der Waals surface area contributed by atoms with E-state index in [1.165, 1.54) is 11.3 Å². The monoisotopic (exact) mass is 278 g/mol. The minimum atomic E-state index is -0.208. The van der Waals surface area contributed by atoms with E-state index in [4.69, 9.17) is 11.6 Å². The Bertz CT molecular complexity index is 452. The number of halogens is 3. The van der Waals surface area contributed by atoms with Crippen LogP contribution >= 0.6 is 38.9 Å². The lowest BCUT2D eigenvalue weighted by Crippen LogP contribution is -1.85. The van der Waals surface area contributed by atoms with Crippen LogP contribution in [0.25, 0.3) is 10.1 Å². The van der Waals surface area contributed by atoms with Gasteiger partial charge in [0.25, 0.3) is 0 Å². The lowest BCUT2D eigenvalue weighted by molar-refractivity contribution is 0.629. The van der Waals surface area contributed by atoms with Gasteiger partial charge in [-0.05, 0) is 22.0 Å². The standard InChI is InChI=1S/C9H5BrClFS/c10-6-4-13-7-2-1-5(3-11)9(12)8(6)7/h1-2,4H,3H2. The van der Waals surface area contributed by atoms with E-state index < -0.39 is 0 Å². The SMILES string of the molecule is Fc1c(CCl)ccc2scc(Br)c12. The van der Waals surface area contributed by atoms with E-state index in [1.807, 2.05) is 11.4 Å². The smallest absolute Gasteiger partial charge is 0.137 e. The first kappa shape index (κ1) is 9.44. The summed E-state index contributed by atoms with van der Waals surface area (Å²) in [6.07, 6.45) is 0. The van der Waals surface area contributed by atoms with Crippen LogP contribution in [-0.2, 0) is 5.88 Å². The van der Waals surface area contributed by atoms with Gasteiger partial charge in [-0.3, -0.25) is 0 Å². The molecule has 0 fully saturated rings. The molecule has 0 nitrogen and oxygen atoms in total. The highest BCUT2D eigenvalue weighted by Gasteiger charge is 2.10. The summed E-state index contributed by atoms with van der Waals surface area (Å²) in [7, 11) is 0. The maximum Gasteiger partial charge on any atom is 0.137 e. The number of hydrogen-bond donors (Lipinski definition) is 0. The summed E-state index contributed by atoms with van der Waals surface area (Å²) < 4.78 is 15.4. The Morgan fingerprint density at radius 1 is 1.46 bits per heavy atom. The molecular weight excluding hydrogens is 275 g/mol. The van der Waals surface area contributed by atoms with E-state index >= 15 is 0 Å². The molecule has 0 amide bonds. The van der Waals surface area contributed by atoms with Crippen molar-refractivity contribution in [3.63, 3.8) is 0 Å². The van der Waals surface area contributed by atoms with Crippen LogP contribution in [0.1, 0.15) is 5.56 Å². The quantitative estimate of drug-likeness (QED) is 0.672. The van der Waals surface area contributed by atoms with E-state index in [1.54, 1.807) is 6.07 Å². The van der Waals surface area contributed by atoms with Gasteiger partial charge in [-0.25, -0.2) is 4.39 Å². The Labute approximate surface area is 92.5 Å². The fourth-order valence-corrected chi connectivity index (χ4v) is 3.02. The van der Waals surface area contributed by atoms with Gasteiger partial charge in [-0.15, -0.1) is 22.9 Å². The highest BCUT2D eigenvalue weighted by Crippen LogP contribution is 2.33. The van der Waals surface area contributed by atoms with Gasteiger partial charge in [0.15, 0.2) is 0 Å². The maximum absolute atomic E-state index is 13.7. The van der Waals surface area contributed by atoms with Crippen LogP contribution in [0.15, 0.2) is 22.0 Å². The maximum atomic E-state index is 13.7. The minimum Gasteiger partial charge on any atom is -0.206 e. The highest BCUT2D eigenvalue weighted by molar-refractivity contribution is 9.10. The molecule has 0 unspecified atom stereocenters. The molecule has 13 heavy (non-hydrogen) atoms. The summed E-state index contributed by atoms with van der Waals surface area (Å²) in [5.41, 5.74) is 0.549. The second-order valence-corrected chi connectivity index (χ2v) is 4.66. The van der Waals surface area contributed by atoms with E-state index in [0.29, 0.717) is 10.9 Å². The molecule has 2 aromatic rings. The number of benzene rings is 1. The predicted molar refractivity (Wildman–Crippen MR) is 59.0 cm³/mol. The molecule has 0 aliphatic rings. The molecule has 1 aromatic heterocycles. The zero-order valence-corrected chi connectivity index (χ0v) is 9.64. The third-order valence-corrected chi connectivity index (χ3v) is 4.02. The molecule has 0 saturated heterocycles. The molecule has 0 saturated carbocycles. The second kappa shape index (κ2) is 3.56. The third-order valence-electron chi connectivity index (χ3n) is 1.86. The van der Waals surface area contributed by atoms with E-state index in [9.17, 15) is 4.39 Å². The summed E-state index contributed by atoms with van der Waals surface area (Å²) in [4.78, 5) is 0. The zero-order valence-electron chi connectivity index (χ0n) is 6.48. The van der Waals surface area contributed by atoms with Crippen molar-refractivity contribution < 1.29 is 4.39 Å². The van der Waals surface area contributed by atoms with Gasteiger partial charge in [-0.2, -0.15) is 0 Å². The number of thiophene rings is 1. The van der Waals surface area contributed by atoms with Crippen LogP contribution in [0.3, 0.4) is 0 Å². The third kappa shape index (κ3) is 1.49. The molecule has 0 atom stereocenters. The van der Waals surface area contributed by atoms with Crippen LogP contribution in [0.4, 0.5) is 4.39 Å². The van der Waals surface area contributed by atoms with Gasteiger partial charge in [0.2, 0.25) is 0 Å². The van der Waals surface area contributed by atoms with E-state index in [0.717, 1.165) is 9.17 Å². The molecular formula is C9H5BrClFS. The van der Waals surface area contributed by atoms with Crippen LogP contribution in [0.5, 0.6) is 0 Å². The van der Waals surface area contributed by atoms with E-state index in [2.05, 4.69) is 15.9 Å². The fraction of sp³-hybridized carbons (Fsp3) is 0.111. The summed E-state index contributed by atoms with van der Waals surface area (Å²) in [5, 5.41) is 2.52. The number of rotatable bonds is 1. The Morgan fingerprint density at radius 3 is 2.92 bits per heavy atom. The van der Waals surface area contributed by atoms with Crippen LogP contribution in [-0.4, -0.2) is 0 Å². The summed E-state index contributed by atoms with van der Waals surface area (Å²) in [6.45, 7) is 0. The van der Waals surface area contributed by atoms with Crippen molar-refractivity contribution in [3.8, 4) is 0 Å². The molecule has 2 rings (SSSR count). The molecule has 68 valence electrons. The predicted octanol–water partition coefficient (Wildman–Crippen LogP) is 4.54. The van der Waals surface area contributed by atoms with Crippen molar-refractivity contribution in [1.82, 2.24) is 0 Å². The van der Waals surface area contributed by atoms with Crippen molar-refractivity contribution in [1.29, 1.82) is 0 Å². The number of hydrogen-bond acceptors (Lipinski definition) is 1. The van der Waals surface area contributed by atoms with Gasteiger partial charge in [0, 0.05) is 25.5 Å². The van der Waals surface area contributed by atoms with Gasteiger partial charge >= 0.3 is 0 Å². The van der Waals surface area contributed by atoms with Crippen LogP contribution < -0.4 is 0 Å². The number of fused-ring (bicyclic) bond motifs is 1. The zero-order chi connectivity index (χ0) is 9.42. The van der Waals surface area contributed by atoms with Crippen molar-refractivity contribution >= 4 is 49.0 Å². The highest BCUT2D eigenvalue weighted by atomic mass is 79.9. The molecule has 1 heterocycles. The average Bonchev–Trinajstić information content (AvgIpc) is 2.49. The van der Waals surface area contributed by atoms with Crippen molar-refractivity contribution in [3.05, 3.63) is 33.4 Å². The summed E-state index contributed by atoms with van der Waals surface area (Å²) in [5.74, 6) is 0.00461. The molecule has 0 aliphatic heterocycles. The Kier molecular flexibility index (Phi) is 2.58. The van der Waals surface area contributed by atoms with E-state index in [-0.39, 0.29) is 11.7 Å². The Balaban J connectivity index is 2.83. The minimum absolute atomic E-state index is 0.208. The van der Waals surface area contributed by atoms with Crippen molar-refractivity contribution in [2.45, 2.75) is 5.88 Å². The van der Waals surface area contributed by atoms with Gasteiger partial charge < -0.3 is 0 Å². The first-order chi connectivity index (χ1) is 6.24.